The van der Waals surface area contributed by atoms with E-state index in [-0.39, 0.29) is 11.8 Å². The molecule has 0 aliphatic carbocycles. The first-order chi connectivity index (χ1) is 15.7. The average Bonchev–Trinajstić information content (AvgIpc) is 3.19. The summed E-state index contributed by atoms with van der Waals surface area (Å²) in [4.78, 5) is 16.3. The van der Waals surface area contributed by atoms with Gasteiger partial charge in [0.2, 0.25) is 10.0 Å². The predicted molar refractivity (Wildman–Crippen MR) is 134 cm³/mol. The molecule has 0 spiro atoms. The highest BCUT2D eigenvalue weighted by atomic mass is 35.5. The largest absolute Gasteiger partial charge is 0.361 e. The minimum atomic E-state index is -3.46. The number of para-hydroxylation sites is 1. The van der Waals surface area contributed by atoms with Gasteiger partial charge in [0.1, 0.15) is 0 Å². The maximum absolute atomic E-state index is 13.0. The molecule has 3 aromatic carbocycles. The Kier molecular flexibility index (Phi) is 6.44. The summed E-state index contributed by atoms with van der Waals surface area (Å²) < 4.78 is 25.8. The molecule has 1 atom stereocenters. The number of H-pyrrole nitrogens is 1. The fraction of sp³-hybridized carbons (Fsp3) is 0.160. The van der Waals surface area contributed by atoms with E-state index in [0.717, 1.165) is 33.8 Å². The summed E-state index contributed by atoms with van der Waals surface area (Å²) in [5.74, 6) is -0.485. The van der Waals surface area contributed by atoms with E-state index < -0.39 is 10.0 Å². The molecule has 6 nitrogen and oxygen atoms in total. The second-order valence-electron chi connectivity index (χ2n) is 7.98. The molecule has 170 valence electrons. The van der Waals surface area contributed by atoms with Gasteiger partial charge in [-0.2, -0.15) is 0 Å². The predicted octanol–water partition coefficient (Wildman–Crippen LogP) is 5.06. The number of sulfonamides is 1. The van der Waals surface area contributed by atoms with Crippen LogP contribution in [0.1, 0.15) is 33.0 Å². The molecule has 0 saturated heterocycles. The summed E-state index contributed by atoms with van der Waals surface area (Å²) in [5.41, 5.74) is 4.42. The van der Waals surface area contributed by atoms with Crippen LogP contribution in [-0.4, -0.2) is 32.1 Å². The van der Waals surface area contributed by atoms with Crippen LogP contribution in [0.2, 0.25) is 5.02 Å². The molecule has 33 heavy (non-hydrogen) atoms. The number of amides is 1. The zero-order chi connectivity index (χ0) is 23.6. The third-order valence-corrected chi connectivity index (χ3v) is 6.47. The number of aryl methyl sites for hydroxylation is 1. The third-order valence-electron chi connectivity index (χ3n) is 5.54. The van der Waals surface area contributed by atoms with Crippen molar-refractivity contribution in [2.45, 2.75) is 12.8 Å². The second-order valence-corrected chi connectivity index (χ2v) is 10.1. The molecule has 4 aromatic rings. The van der Waals surface area contributed by atoms with Crippen molar-refractivity contribution in [2.24, 2.45) is 0 Å². The zero-order valence-electron chi connectivity index (χ0n) is 18.2. The van der Waals surface area contributed by atoms with Crippen molar-refractivity contribution in [1.29, 1.82) is 0 Å². The highest BCUT2D eigenvalue weighted by Gasteiger charge is 2.21. The van der Waals surface area contributed by atoms with Crippen LogP contribution in [0.15, 0.2) is 72.9 Å². The van der Waals surface area contributed by atoms with E-state index in [1.165, 1.54) is 0 Å². The molecule has 1 unspecified atom stereocenters. The molecule has 0 aliphatic heterocycles. The number of hydrogen-bond acceptors (Lipinski definition) is 3. The number of fused-ring (bicyclic) bond motifs is 1. The van der Waals surface area contributed by atoms with Crippen LogP contribution in [0.5, 0.6) is 0 Å². The molecule has 4 rings (SSSR count). The molecule has 3 N–H and O–H groups in total. The molecular formula is C25H24ClN3O3S. The second kappa shape index (κ2) is 9.29. The fourth-order valence-corrected chi connectivity index (χ4v) is 4.78. The molecule has 1 amide bonds. The highest BCUT2D eigenvalue weighted by Crippen LogP contribution is 2.34. The highest BCUT2D eigenvalue weighted by molar-refractivity contribution is 7.92. The van der Waals surface area contributed by atoms with Crippen molar-refractivity contribution in [1.82, 2.24) is 10.3 Å². The van der Waals surface area contributed by atoms with Gasteiger partial charge in [0, 0.05) is 40.1 Å². The normalized spacial score (nSPS) is 12.5. The Balaban J connectivity index is 1.64. The standard InChI is InChI=1S/C25H24ClN3O3S/c1-16-11-12-17(13-24(16)29-33(2,31)32)25(30)28-15-20(18-7-3-5-9-22(18)26)21-14-27-23-10-6-4-8-19(21)23/h3-14,20,27,29H,15H2,1-2H3,(H,28,30). The van der Waals surface area contributed by atoms with E-state index in [1.54, 1.807) is 25.1 Å². The first-order valence-electron chi connectivity index (χ1n) is 10.4. The van der Waals surface area contributed by atoms with Crippen LogP contribution in [0.25, 0.3) is 10.9 Å². The van der Waals surface area contributed by atoms with Gasteiger partial charge in [0.15, 0.2) is 0 Å². The summed E-state index contributed by atoms with van der Waals surface area (Å²) in [5, 5.41) is 4.68. The van der Waals surface area contributed by atoms with Gasteiger partial charge >= 0.3 is 0 Å². The molecule has 0 saturated carbocycles. The van der Waals surface area contributed by atoms with E-state index >= 15 is 0 Å². The van der Waals surface area contributed by atoms with Gasteiger partial charge in [-0.05, 0) is 47.9 Å². The summed E-state index contributed by atoms with van der Waals surface area (Å²) in [7, 11) is -3.46. The van der Waals surface area contributed by atoms with Crippen molar-refractivity contribution < 1.29 is 13.2 Å². The first kappa shape index (κ1) is 22.9. The summed E-state index contributed by atoms with van der Waals surface area (Å²) >= 11 is 6.53. The molecule has 8 heteroatoms. The van der Waals surface area contributed by atoms with Gasteiger partial charge in [-0.3, -0.25) is 9.52 Å². The Morgan fingerprint density at radius 2 is 1.76 bits per heavy atom. The van der Waals surface area contributed by atoms with Crippen molar-refractivity contribution in [2.75, 3.05) is 17.5 Å². The van der Waals surface area contributed by atoms with E-state index in [9.17, 15) is 13.2 Å². The maximum Gasteiger partial charge on any atom is 0.251 e. The van der Waals surface area contributed by atoms with Crippen molar-refractivity contribution in [3.8, 4) is 0 Å². The molecule has 0 aliphatic rings. The number of hydrogen-bond donors (Lipinski definition) is 3. The molecular weight excluding hydrogens is 458 g/mol. The van der Waals surface area contributed by atoms with Crippen molar-refractivity contribution >= 4 is 44.1 Å². The number of benzene rings is 3. The van der Waals surface area contributed by atoms with Gasteiger partial charge in [0.25, 0.3) is 5.91 Å². The van der Waals surface area contributed by atoms with E-state index in [4.69, 9.17) is 11.6 Å². The van der Waals surface area contributed by atoms with Gasteiger partial charge in [-0.25, -0.2) is 8.42 Å². The maximum atomic E-state index is 13.0. The fourth-order valence-electron chi connectivity index (χ4n) is 3.90. The molecule has 0 fully saturated rings. The Bertz CT molecular complexity index is 1430. The Morgan fingerprint density at radius 1 is 1.03 bits per heavy atom. The van der Waals surface area contributed by atoms with Crippen LogP contribution < -0.4 is 10.0 Å². The lowest BCUT2D eigenvalue weighted by atomic mass is 9.90. The number of aromatic amines is 1. The summed E-state index contributed by atoms with van der Waals surface area (Å²) in [6, 6.07) is 20.5. The van der Waals surface area contributed by atoms with Crippen LogP contribution in [-0.2, 0) is 10.0 Å². The molecule has 0 bridgehead atoms. The lowest BCUT2D eigenvalue weighted by Gasteiger charge is -2.20. The molecule has 1 aromatic heterocycles. The number of rotatable bonds is 7. The van der Waals surface area contributed by atoms with Gasteiger partial charge < -0.3 is 10.3 Å². The molecule has 0 radical (unpaired) electrons. The topological polar surface area (TPSA) is 91.1 Å². The monoisotopic (exact) mass is 481 g/mol. The Labute approximate surface area is 198 Å². The average molecular weight is 482 g/mol. The first-order valence-corrected chi connectivity index (χ1v) is 12.7. The van der Waals surface area contributed by atoms with E-state index in [2.05, 4.69) is 15.0 Å². The van der Waals surface area contributed by atoms with Crippen LogP contribution >= 0.6 is 11.6 Å². The number of anilines is 1. The van der Waals surface area contributed by atoms with E-state index in [1.807, 2.05) is 54.7 Å². The van der Waals surface area contributed by atoms with Gasteiger partial charge in [-0.15, -0.1) is 0 Å². The number of carbonyl (C=O) groups is 1. The summed E-state index contributed by atoms with van der Waals surface area (Å²) in [6.07, 6.45) is 3.03. The van der Waals surface area contributed by atoms with Crippen LogP contribution in [0, 0.1) is 6.92 Å². The van der Waals surface area contributed by atoms with Gasteiger partial charge in [-0.1, -0.05) is 54.1 Å². The zero-order valence-corrected chi connectivity index (χ0v) is 19.8. The minimum absolute atomic E-state index is 0.183. The number of carbonyl (C=O) groups excluding carboxylic acids is 1. The third kappa shape index (κ3) is 5.21. The molecule has 1 heterocycles. The lowest BCUT2D eigenvalue weighted by Crippen LogP contribution is -2.29. The van der Waals surface area contributed by atoms with Crippen molar-refractivity contribution in [3.63, 3.8) is 0 Å². The lowest BCUT2D eigenvalue weighted by molar-refractivity contribution is 0.0952. The van der Waals surface area contributed by atoms with Crippen LogP contribution in [0.4, 0.5) is 5.69 Å². The Morgan fingerprint density at radius 3 is 2.52 bits per heavy atom. The quantitative estimate of drug-likeness (QED) is 0.344. The minimum Gasteiger partial charge on any atom is -0.361 e. The summed E-state index contributed by atoms with van der Waals surface area (Å²) in [6.45, 7) is 2.09. The van der Waals surface area contributed by atoms with E-state index in [0.29, 0.717) is 22.8 Å². The number of aromatic nitrogens is 1. The van der Waals surface area contributed by atoms with Crippen LogP contribution in [0.3, 0.4) is 0 Å². The van der Waals surface area contributed by atoms with Crippen molar-refractivity contribution in [3.05, 3.63) is 100 Å². The smallest absolute Gasteiger partial charge is 0.251 e. The Hall–Kier alpha value is -3.29. The number of halogens is 1. The number of nitrogens with one attached hydrogen (secondary N) is 3. The SMILES string of the molecule is Cc1ccc(C(=O)NCC(c2ccccc2Cl)c2c[nH]c3ccccc23)cc1NS(C)(=O)=O. The van der Waals surface area contributed by atoms with Gasteiger partial charge in [0.05, 0.1) is 11.9 Å².